The molecule has 1 N–H and O–H groups in total. The summed E-state index contributed by atoms with van der Waals surface area (Å²) in [4.78, 5) is 20.2. The molecule has 0 aromatic carbocycles. The van der Waals surface area contributed by atoms with Crippen LogP contribution in [0.25, 0.3) is 10.9 Å². The number of aryl methyl sites for hydroxylation is 1. The Balaban J connectivity index is 1.43. The summed E-state index contributed by atoms with van der Waals surface area (Å²) >= 11 is 0. The molecule has 1 amide bonds. The van der Waals surface area contributed by atoms with Gasteiger partial charge in [0.1, 0.15) is 6.10 Å². The van der Waals surface area contributed by atoms with E-state index in [1.54, 1.807) is 7.11 Å². The van der Waals surface area contributed by atoms with Crippen molar-refractivity contribution in [3.63, 3.8) is 0 Å². The Morgan fingerprint density at radius 2 is 2.23 bits per heavy atom. The van der Waals surface area contributed by atoms with Crippen LogP contribution >= 0.6 is 0 Å². The number of nitrogens with one attached hydrogen (secondary N) is 1. The Morgan fingerprint density at radius 1 is 1.39 bits per heavy atom. The molecule has 2 aliphatic carbocycles. The molecule has 3 aliphatic rings. The summed E-state index contributed by atoms with van der Waals surface area (Å²) in [7, 11) is 1.75. The Hall–Kier alpha value is -1.96. The monoisotopic (exact) mass is 426 g/mol. The number of morpholine rings is 1. The van der Waals surface area contributed by atoms with Crippen molar-refractivity contribution in [2.24, 2.45) is 0 Å². The van der Waals surface area contributed by atoms with E-state index in [4.69, 9.17) is 14.5 Å². The van der Waals surface area contributed by atoms with Gasteiger partial charge in [0.2, 0.25) is 0 Å². The maximum atomic E-state index is 13.3. The molecule has 0 bridgehead atoms. The van der Waals surface area contributed by atoms with Crippen molar-refractivity contribution in [3.05, 3.63) is 29.7 Å². The van der Waals surface area contributed by atoms with Crippen molar-refractivity contribution in [1.29, 1.82) is 0 Å². The second kappa shape index (κ2) is 8.88. The lowest BCUT2D eigenvalue weighted by Crippen LogP contribution is -2.50. The van der Waals surface area contributed by atoms with E-state index in [-0.39, 0.29) is 18.1 Å². The zero-order valence-electron chi connectivity index (χ0n) is 18.7. The molecular weight excluding hydrogens is 392 g/mol. The number of carbonyl (C=O) groups is 1. The average Bonchev–Trinajstić information content (AvgIpc) is 3.73. The Morgan fingerprint density at radius 3 is 2.90 bits per heavy atom. The number of hydrogen-bond acceptors (Lipinski definition) is 5. The lowest BCUT2D eigenvalue weighted by molar-refractivity contribution is -0.148. The molecule has 2 aromatic heterocycles. The summed E-state index contributed by atoms with van der Waals surface area (Å²) in [6.45, 7) is 5.79. The summed E-state index contributed by atoms with van der Waals surface area (Å²) in [5.41, 5.74) is 3.62. The molecule has 2 atom stereocenters. The largest absolute Gasteiger partial charge is 0.385 e. The van der Waals surface area contributed by atoms with Crippen LogP contribution in [0.5, 0.6) is 0 Å². The zero-order chi connectivity index (χ0) is 21.4. The van der Waals surface area contributed by atoms with Gasteiger partial charge in [0.25, 0.3) is 5.91 Å². The number of methoxy groups -OCH3 is 1. The van der Waals surface area contributed by atoms with E-state index >= 15 is 0 Å². The third-order valence-corrected chi connectivity index (χ3v) is 6.83. The lowest BCUT2D eigenvalue weighted by atomic mass is 10.1. The van der Waals surface area contributed by atoms with Crippen molar-refractivity contribution in [3.8, 4) is 0 Å². The van der Waals surface area contributed by atoms with Gasteiger partial charge in [-0.1, -0.05) is 0 Å². The van der Waals surface area contributed by atoms with Crippen LogP contribution in [0, 0.1) is 0 Å². The zero-order valence-corrected chi connectivity index (χ0v) is 18.7. The standard InChI is InChI=1S/C24H34N4O3/c1-16(28(18-6-7-18)24(29)23-14-25-8-11-31-23)21-12-22-19(13-26-21)20(17-4-5-17)15-27(22)9-3-10-30-2/h12-13,15-18,23,25H,3-11,14H2,1-2H3/t16-,23-/m1/s1. The smallest absolute Gasteiger partial charge is 0.253 e. The number of amides is 1. The number of nitrogens with zero attached hydrogens (tertiary/aromatic N) is 3. The average molecular weight is 427 g/mol. The highest BCUT2D eigenvalue weighted by atomic mass is 16.5. The second-order valence-corrected chi connectivity index (χ2v) is 9.24. The number of pyridine rings is 1. The number of hydrogen-bond donors (Lipinski definition) is 1. The minimum Gasteiger partial charge on any atom is -0.385 e. The van der Waals surface area contributed by atoms with Crippen molar-refractivity contribution in [2.45, 2.75) is 69.7 Å². The fourth-order valence-corrected chi connectivity index (χ4v) is 4.81. The summed E-state index contributed by atoms with van der Waals surface area (Å²) < 4.78 is 13.4. The SMILES string of the molecule is COCCCn1cc(C2CC2)c2cnc([C@@H](C)N(C(=O)[C@H]3CNCCO3)C3CC3)cc21. The molecule has 1 saturated heterocycles. The van der Waals surface area contributed by atoms with Gasteiger partial charge in [0.15, 0.2) is 0 Å². The number of ether oxygens (including phenoxy) is 2. The fourth-order valence-electron chi connectivity index (χ4n) is 4.81. The number of aromatic nitrogens is 2. The number of rotatable bonds is 9. The van der Waals surface area contributed by atoms with Crippen LogP contribution in [-0.4, -0.2) is 65.9 Å². The number of carbonyl (C=O) groups excluding carboxylic acids is 1. The maximum absolute atomic E-state index is 13.3. The van der Waals surface area contributed by atoms with Gasteiger partial charge in [-0.3, -0.25) is 9.78 Å². The Labute approximate surface area is 184 Å². The van der Waals surface area contributed by atoms with Gasteiger partial charge in [-0.25, -0.2) is 0 Å². The summed E-state index contributed by atoms with van der Waals surface area (Å²) in [6.07, 6.45) is 9.63. The van der Waals surface area contributed by atoms with Crippen LogP contribution in [0.3, 0.4) is 0 Å². The lowest BCUT2D eigenvalue weighted by Gasteiger charge is -2.34. The second-order valence-electron chi connectivity index (χ2n) is 9.24. The minimum atomic E-state index is -0.389. The van der Waals surface area contributed by atoms with Crippen molar-refractivity contribution in [1.82, 2.24) is 19.8 Å². The van der Waals surface area contributed by atoms with E-state index in [9.17, 15) is 4.79 Å². The van der Waals surface area contributed by atoms with Gasteiger partial charge in [-0.05, 0) is 56.6 Å². The highest BCUT2D eigenvalue weighted by molar-refractivity contribution is 5.85. The predicted molar refractivity (Wildman–Crippen MR) is 119 cm³/mol. The molecule has 2 aromatic rings. The first kappa shape index (κ1) is 20.9. The highest BCUT2D eigenvalue weighted by Gasteiger charge is 2.40. The summed E-state index contributed by atoms with van der Waals surface area (Å²) in [5.74, 6) is 0.773. The summed E-state index contributed by atoms with van der Waals surface area (Å²) in [5, 5.41) is 4.55. The first-order valence-corrected chi connectivity index (χ1v) is 11.8. The quantitative estimate of drug-likeness (QED) is 0.625. The van der Waals surface area contributed by atoms with Crippen LogP contribution in [-0.2, 0) is 20.8 Å². The molecule has 2 saturated carbocycles. The molecule has 5 rings (SSSR count). The normalized spacial score (nSPS) is 22.6. The van der Waals surface area contributed by atoms with E-state index in [2.05, 4.69) is 29.1 Å². The van der Waals surface area contributed by atoms with Crippen molar-refractivity contribution in [2.75, 3.05) is 33.4 Å². The van der Waals surface area contributed by atoms with Gasteiger partial charge < -0.3 is 24.3 Å². The van der Waals surface area contributed by atoms with Gasteiger partial charge in [-0.15, -0.1) is 0 Å². The molecule has 168 valence electrons. The topological polar surface area (TPSA) is 68.6 Å². The Bertz CT molecular complexity index is 928. The first-order chi connectivity index (χ1) is 15.2. The van der Waals surface area contributed by atoms with Crippen LogP contribution in [0.15, 0.2) is 18.5 Å². The maximum Gasteiger partial charge on any atom is 0.253 e. The first-order valence-electron chi connectivity index (χ1n) is 11.8. The minimum absolute atomic E-state index is 0.0679. The van der Waals surface area contributed by atoms with E-state index in [0.717, 1.165) is 44.7 Å². The predicted octanol–water partition coefficient (Wildman–Crippen LogP) is 2.99. The molecule has 0 radical (unpaired) electrons. The third kappa shape index (κ3) is 4.36. The van der Waals surface area contributed by atoms with Gasteiger partial charge in [0.05, 0.1) is 23.9 Å². The molecule has 31 heavy (non-hydrogen) atoms. The highest BCUT2D eigenvalue weighted by Crippen LogP contribution is 2.44. The molecule has 3 fully saturated rings. The van der Waals surface area contributed by atoms with Gasteiger partial charge in [0, 0.05) is 57.2 Å². The molecule has 0 spiro atoms. The van der Waals surface area contributed by atoms with E-state index < -0.39 is 0 Å². The van der Waals surface area contributed by atoms with E-state index in [0.29, 0.717) is 25.1 Å². The van der Waals surface area contributed by atoms with Gasteiger partial charge >= 0.3 is 0 Å². The van der Waals surface area contributed by atoms with Crippen LogP contribution in [0.2, 0.25) is 0 Å². The van der Waals surface area contributed by atoms with Crippen LogP contribution in [0.4, 0.5) is 0 Å². The molecule has 1 aliphatic heterocycles. The van der Waals surface area contributed by atoms with Crippen molar-refractivity contribution >= 4 is 16.8 Å². The van der Waals surface area contributed by atoms with E-state index in [1.165, 1.54) is 29.3 Å². The number of fused-ring (bicyclic) bond motifs is 1. The molecule has 3 heterocycles. The van der Waals surface area contributed by atoms with Crippen LogP contribution < -0.4 is 5.32 Å². The molecule has 0 unspecified atom stereocenters. The van der Waals surface area contributed by atoms with E-state index in [1.807, 2.05) is 11.1 Å². The van der Waals surface area contributed by atoms with Gasteiger partial charge in [-0.2, -0.15) is 0 Å². The molecule has 7 nitrogen and oxygen atoms in total. The fraction of sp³-hybridized carbons (Fsp3) is 0.667. The van der Waals surface area contributed by atoms with Crippen molar-refractivity contribution < 1.29 is 14.3 Å². The Kier molecular flexibility index (Phi) is 5.99. The van der Waals surface area contributed by atoms with Crippen LogP contribution in [0.1, 0.15) is 62.2 Å². The molecular formula is C24H34N4O3. The molecule has 7 heteroatoms. The summed E-state index contributed by atoms with van der Waals surface area (Å²) in [6, 6.07) is 2.45. The third-order valence-electron chi connectivity index (χ3n) is 6.83.